The molecule has 0 fully saturated rings. The van der Waals surface area contributed by atoms with Gasteiger partial charge in [-0.25, -0.2) is 0 Å². The molecule has 0 saturated carbocycles. The maximum absolute atomic E-state index is 11.9. The van der Waals surface area contributed by atoms with Gasteiger partial charge in [-0.1, -0.05) is 25.4 Å². The van der Waals surface area contributed by atoms with Gasteiger partial charge < -0.3 is 10.4 Å². The van der Waals surface area contributed by atoms with E-state index in [4.69, 9.17) is 11.6 Å². The molecule has 1 atom stereocenters. The second-order valence-electron chi connectivity index (χ2n) is 4.67. The van der Waals surface area contributed by atoms with E-state index < -0.39 is 0 Å². The van der Waals surface area contributed by atoms with Gasteiger partial charge in [-0.05, 0) is 37.5 Å². The summed E-state index contributed by atoms with van der Waals surface area (Å²) in [5.74, 6) is 0.156. The Morgan fingerprint density at radius 1 is 1.41 bits per heavy atom. The van der Waals surface area contributed by atoms with Crippen molar-refractivity contribution in [3.8, 4) is 5.75 Å². The molecule has 1 amide bonds. The summed E-state index contributed by atoms with van der Waals surface area (Å²) in [6, 6.07) is 4.56. The largest absolute Gasteiger partial charge is 0.507 e. The van der Waals surface area contributed by atoms with E-state index in [0.29, 0.717) is 10.9 Å². The third-order valence-electron chi connectivity index (χ3n) is 2.41. The first-order chi connectivity index (χ1) is 7.90. The summed E-state index contributed by atoms with van der Waals surface area (Å²) in [4.78, 5) is 11.9. The monoisotopic (exact) mass is 255 g/mol. The molecule has 0 spiro atoms. The third kappa shape index (κ3) is 4.27. The third-order valence-corrected chi connectivity index (χ3v) is 2.64. The number of rotatable bonds is 4. The average molecular weight is 256 g/mol. The lowest BCUT2D eigenvalue weighted by Gasteiger charge is -2.16. The van der Waals surface area contributed by atoms with Gasteiger partial charge in [-0.2, -0.15) is 0 Å². The first-order valence-electron chi connectivity index (χ1n) is 5.69. The molecule has 2 N–H and O–H groups in total. The minimum atomic E-state index is -0.271. The van der Waals surface area contributed by atoms with Crippen molar-refractivity contribution in [3.05, 3.63) is 28.8 Å². The molecule has 3 nitrogen and oxygen atoms in total. The van der Waals surface area contributed by atoms with Crippen molar-refractivity contribution in [2.45, 2.75) is 33.2 Å². The Kier molecular flexibility index (Phi) is 4.82. The normalized spacial score (nSPS) is 12.5. The van der Waals surface area contributed by atoms with Crippen LogP contribution in [0.3, 0.4) is 0 Å². The average Bonchev–Trinajstić information content (AvgIpc) is 2.15. The number of amides is 1. The highest BCUT2D eigenvalue weighted by Gasteiger charge is 2.14. The van der Waals surface area contributed by atoms with Crippen LogP contribution in [0.1, 0.15) is 37.6 Å². The molecule has 1 aromatic carbocycles. The minimum absolute atomic E-state index is 0.0811. The fourth-order valence-corrected chi connectivity index (χ4v) is 1.93. The summed E-state index contributed by atoms with van der Waals surface area (Å²) in [6.45, 7) is 6.15. The Balaban J connectivity index is 2.70. The molecule has 0 aliphatic heterocycles. The van der Waals surface area contributed by atoms with Crippen molar-refractivity contribution >= 4 is 17.5 Å². The first-order valence-corrected chi connectivity index (χ1v) is 6.07. The van der Waals surface area contributed by atoms with Crippen LogP contribution in [0.5, 0.6) is 5.75 Å². The SMILES string of the molecule is CC(C)CC(C)NC(=O)c1ccc(Cl)cc1O. The number of hydrogen-bond donors (Lipinski definition) is 2. The van der Waals surface area contributed by atoms with Gasteiger partial charge in [0.15, 0.2) is 0 Å². The van der Waals surface area contributed by atoms with Gasteiger partial charge in [0.25, 0.3) is 5.91 Å². The molecule has 1 rings (SSSR count). The highest BCUT2D eigenvalue weighted by atomic mass is 35.5. The van der Waals surface area contributed by atoms with Gasteiger partial charge in [0, 0.05) is 11.1 Å². The summed E-state index contributed by atoms with van der Waals surface area (Å²) in [6.07, 6.45) is 0.903. The van der Waals surface area contributed by atoms with E-state index in [2.05, 4.69) is 19.2 Å². The molecule has 0 saturated heterocycles. The predicted molar refractivity (Wildman–Crippen MR) is 69.5 cm³/mol. The zero-order valence-corrected chi connectivity index (χ0v) is 11.1. The maximum Gasteiger partial charge on any atom is 0.255 e. The lowest BCUT2D eigenvalue weighted by Crippen LogP contribution is -2.33. The predicted octanol–water partition coefficient (Wildman–Crippen LogP) is 3.21. The van der Waals surface area contributed by atoms with Gasteiger partial charge in [0.05, 0.1) is 5.56 Å². The molecule has 0 aliphatic rings. The van der Waals surface area contributed by atoms with Crippen LogP contribution in [-0.4, -0.2) is 17.1 Å². The van der Waals surface area contributed by atoms with E-state index in [1.54, 1.807) is 6.07 Å². The van der Waals surface area contributed by atoms with Crippen molar-refractivity contribution in [3.63, 3.8) is 0 Å². The second kappa shape index (κ2) is 5.92. The fraction of sp³-hybridized carbons (Fsp3) is 0.462. The van der Waals surface area contributed by atoms with Crippen LogP contribution in [0, 0.1) is 5.92 Å². The Morgan fingerprint density at radius 3 is 2.59 bits per heavy atom. The molecule has 17 heavy (non-hydrogen) atoms. The van der Waals surface area contributed by atoms with E-state index >= 15 is 0 Å². The van der Waals surface area contributed by atoms with Crippen LogP contribution >= 0.6 is 11.6 Å². The van der Waals surface area contributed by atoms with Crippen molar-refractivity contribution in [2.24, 2.45) is 5.92 Å². The number of carbonyl (C=O) groups is 1. The van der Waals surface area contributed by atoms with Crippen molar-refractivity contribution in [2.75, 3.05) is 0 Å². The molecule has 0 aromatic heterocycles. The zero-order valence-electron chi connectivity index (χ0n) is 10.3. The molecule has 0 bridgehead atoms. The molecular formula is C13H18ClNO2. The molecular weight excluding hydrogens is 238 g/mol. The first kappa shape index (κ1) is 13.8. The summed E-state index contributed by atoms with van der Waals surface area (Å²) in [5.41, 5.74) is 0.255. The molecule has 4 heteroatoms. The number of benzene rings is 1. The van der Waals surface area contributed by atoms with Crippen LogP contribution in [0.2, 0.25) is 5.02 Å². The van der Waals surface area contributed by atoms with Gasteiger partial charge in [-0.15, -0.1) is 0 Å². The number of carbonyl (C=O) groups excluding carboxylic acids is 1. The highest BCUT2D eigenvalue weighted by Crippen LogP contribution is 2.21. The van der Waals surface area contributed by atoms with Crippen LogP contribution in [0.25, 0.3) is 0 Å². The van der Waals surface area contributed by atoms with E-state index in [9.17, 15) is 9.90 Å². The quantitative estimate of drug-likeness (QED) is 0.868. The van der Waals surface area contributed by atoms with Crippen LogP contribution in [0.4, 0.5) is 0 Å². The Morgan fingerprint density at radius 2 is 2.06 bits per heavy atom. The molecule has 1 unspecified atom stereocenters. The number of hydrogen-bond acceptors (Lipinski definition) is 2. The maximum atomic E-state index is 11.9. The number of aromatic hydroxyl groups is 1. The van der Waals surface area contributed by atoms with Crippen LogP contribution in [0.15, 0.2) is 18.2 Å². The standard InChI is InChI=1S/C13H18ClNO2/c1-8(2)6-9(3)15-13(17)11-5-4-10(14)7-12(11)16/h4-5,7-9,16H,6H2,1-3H3,(H,15,17). The van der Waals surface area contributed by atoms with Gasteiger partial charge in [-0.3, -0.25) is 4.79 Å². The lowest BCUT2D eigenvalue weighted by molar-refractivity contribution is 0.0933. The van der Waals surface area contributed by atoms with E-state index in [0.717, 1.165) is 6.42 Å². The zero-order chi connectivity index (χ0) is 13.0. The number of phenolic OH excluding ortho intramolecular Hbond substituents is 1. The van der Waals surface area contributed by atoms with Crippen LogP contribution < -0.4 is 5.32 Å². The van der Waals surface area contributed by atoms with E-state index in [1.165, 1.54) is 12.1 Å². The smallest absolute Gasteiger partial charge is 0.255 e. The molecule has 0 heterocycles. The Hall–Kier alpha value is -1.22. The topological polar surface area (TPSA) is 49.3 Å². The summed E-state index contributed by atoms with van der Waals surface area (Å²) in [5, 5.41) is 12.9. The molecule has 0 aliphatic carbocycles. The summed E-state index contributed by atoms with van der Waals surface area (Å²) >= 11 is 5.70. The van der Waals surface area contributed by atoms with Gasteiger partial charge >= 0.3 is 0 Å². The number of halogens is 1. The van der Waals surface area contributed by atoms with Crippen LogP contribution in [-0.2, 0) is 0 Å². The summed E-state index contributed by atoms with van der Waals surface area (Å²) in [7, 11) is 0. The highest BCUT2D eigenvalue weighted by molar-refractivity contribution is 6.30. The van der Waals surface area contributed by atoms with Crippen molar-refractivity contribution in [1.82, 2.24) is 5.32 Å². The minimum Gasteiger partial charge on any atom is -0.507 e. The molecule has 94 valence electrons. The molecule has 0 radical (unpaired) electrons. The Labute approximate surface area is 107 Å². The van der Waals surface area contributed by atoms with Crippen molar-refractivity contribution < 1.29 is 9.90 Å². The number of nitrogens with one attached hydrogen (secondary N) is 1. The Bertz CT molecular complexity index is 404. The summed E-state index contributed by atoms with van der Waals surface area (Å²) < 4.78 is 0. The van der Waals surface area contributed by atoms with Crippen molar-refractivity contribution in [1.29, 1.82) is 0 Å². The van der Waals surface area contributed by atoms with Gasteiger partial charge in [0.1, 0.15) is 5.75 Å². The molecule has 1 aromatic rings. The van der Waals surface area contributed by atoms with E-state index in [-0.39, 0.29) is 23.3 Å². The van der Waals surface area contributed by atoms with E-state index in [1.807, 2.05) is 6.92 Å². The fourth-order valence-electron chi connectivity index (χ4n) is 1.76. The number of phenols is 1. The van der Waals surface area contributed by atoms with Gasteiger partial charge in [0.2, 0.25) is 0 Å². The second-order valence-corrected chi connectivity index (χ2v) is 5.10. The lowest BCUT2D eigenvalue weighted by atomic mass is 10.0.